The van der Waals surface area contributed by atoms with Gasteiger partial charge in [-0.15, -0.1) is 5.10 Å². The maximum Gasteiger partial charge on any atom is 0.293 e. The predicted molar refractivity (Wildman–Crippen MR) is 108 cm³/mol. The van der Waals surface area contributed by atoms with Crippen molar-refractivity contribution in [2.45, 2.75) is 54.5 Å². The van der Waals surface area contributed by atoms with Crippen molar-refractivity contribution in [2.75, 3.05) is 19.0 Å². The Morgan fingerprint density at radius 2 is 1.96 bits per heavy atom. The van der Waals surface area contributed by atoms with Crippen LogP contribution in [0.25, 0.3) is 0 Å². The van der Waals surface area contributed by atoms with Crippen LogP contribution in [0.2, 0.25) is 0 Å². The second-order valence-corrected chi connectivity index (χ2v) is 4.29. The molecule has 0 fully saturated rings. The van der Waals surface area contributed by atoms with Crippen LogP contribution in [-0.4, -0.2) is 35.1 Å². The fourth-order valence-corrected chi connectivity index (χ4v) is 1.27. The van der Waals surface area contributed by atoms with Gasteiger partial charge in [0.25, 0.3) is 6.47 Å². The Morgan fingerprint density at radius 3 is 2.28 bits per heavy atom. The van der Waals surface area contributed by atoms with E-state index in [-0.39, 0.29) is 0 Å². The van der Waals surface area contributed by atoms with E-state index in [0.717, 1.165) is 11.4 Å². The zero-order valence-corrected chi connectivity index (χ0v) is 17.0. The highest BCUT2D eigenvalue weighted by atomic mass is 16.5. The Bertz CT molecular complexity index is 466. The Morgan fingerprint density at radius 1 is 1.36 bits per heavy atom. The van der Waals surface area contributed by atoms with Gasteiger partial charge in [-0.3, -0.25) is 4.79 Å². The molecule has 1 N–H and O–H groups in total. The highest BCUT2D eigenvalue weighted by Gasteiger charge is 1.98. The van der Waals surface area contributed by atoms with Gasteiger partial charge < -0.3 is 10.1 Å². The minimum Gasteiger partial charge on any atom is -0.468 e. The molecule has 6 nitrogen and oxygen atoms in total. The van der Waals surface area contributed by atoms with Crippen molar-refractivity contribution in [1.29, 1.82) is 0 Å². The van der Waals surface area contributed by atoms with Crippen molar-refractivity contribution in [3.63, 3.8) is 0 Å². The van der Waals surface area contributed by atoms with Crippen molar-refractivity contribution in [2.24, 2.45) is 0 Å². The van der Waals surface area contributed by atoms with Gasteiger partial charge in [0, 0.05) is 7.05 Å². The molecule has 0 aliphatic heterocycles. The topological polar surface area (TPSA) is 69.0 Å². The van der Waals surface area contributed by atoms with Gasteiger partial charge in [0.1, 0.15) is 0 Å². The van der Waals surface area contributed by atoms with E-state index in [1.807, 2.05) is 52.2 Å². The summed E-state index contributed by atoms with van der Waals surface area (Å²) in [5.41, 5.74) is 1.14. The molecule has 1 heterocycles. The lowest BCUT2D eigenvalue weighted by atomic mass is 10.2. The van der Waals surface area contributed by atoms with Crippen LogP contribution in [0.15, 0.2) is 42.7 Å². The molecule has 1 aromatic rings. The van der Waals surface area contributed by atoms with Crippen molar-refractivity contribution in [3.8, 4) is 0 Å². The van der Waals surface area contributed by atoms with Gasteiger partial charge in [0.2, 0.25) is 0 Å². The van der Waals surface area contributed by atoms with Gasteiger partial charge in [-0.1, -0.05) is 70.2 Å². The summed E-state index contributed by atoms with van der Waals surface area (Å²) in [7, 11) is 1.82. The fourth-order valence-electron chi connectivity index (χ4n) is 1.27. The Kier molecular flexibility index (Phi) is 26.3. The largest absolute Gasteiger partial charge is 0.468 e. The zero-order valence-electron chi connectivity index (χ0n) is 17.0. The summed E-state index contributed by atoms with van der Waals surface area (Å²) in [6, 6.07) is 0. The maximum absolute atomic E-state index is 9.18. The summed E-state index contributed by atoms with van der Waals surface area (Å²) in [5, 5.41) is 10.9. The molecule has 144 valence electrons. The molecule has 0 amide bonds. The van der Waals surface area contributed by atoms with Crippen LogP contribution in [0.3, 0.4) is 0 Å². The van der Waals surface area contributed by atoms with E-state index in [1.165, 1.54) is 6.42 Å². The van der Waals surface area contributed by atoms with Gasteiger partial charge >= 0.3 is 0 Å². The van der Waals surface area contributed by atoms with E-state index in [4.69, 9.17) is 0 Å². The lowest BCUT2D eigenvalue weighted by Crippen LogP contribution is -2.00. The fraction of sp³-hybridized carbons (Fsp3) is 0.526. The highest BCUT2D eigenvalue weighted by molar-refractivity contribution is 5.36. The first-order chi connectivity index (χ1) is 12.1. The third-order valence-electron chi connectivity index (χ3n) is 2.09. The summed E-state index contributed by atoms with van der Waals surface area (Å²) < 4.78 is 5.93. The average molecular weight is 353 g/mol. The highest BCUT2D eigenvalue weighted by Crippen LogP contribution is 2.04. The van der Waals surface area contributed by atoms with Crippen LogP contribution in [0.4, 0.5) is 5.82 Å². The van der Waals surface area contributed by atoms with E-state index in [2.05, 4.69) is 40.8 Å². The molecule has 0 aliphatic carbocycles. The molecule has 1 rings (SSSR count). The van der Waals surface area contributed by atoms with Crippen LogP contribution in [0.5, 0.6) is 0 Å². The minimum atomic E-state index is 0.431. The smallest absolute Gasteiger partial charge is 0.293 e. The number of nitrogens with zero attached hydrogens (tertiary/aromatic N) is 3. The molecule has 0 spiro atoms. The van der Waals surface area contributed by atoms with E-state index in [9.17, 15) is 4.79 Å². The summed E-state index contributed by atoms with van der Waals surface area (Å²) in [6.07, 6.45) is 10.9. The SMILES string of the molecule is C=C/C=C(\C=C/C)Cn1cc(NC)nn1.CC.CCC.CCOC=O. The molecule has 0 atom stereocenters. The quantitative estimate of drug-likeness (QED) is 0.572. The Balaban J connectivity index is -0.000000404. The number of carbonyl (C=O) groups is 1. The summed E-state index contributed by atoms with van der Waals surface area (Å²) >= 11 is 0. The van der Waals surface area contributed by atoms with Gasteiger partial charge in [0.15, 0.2) is 5.82 Å². The van der Waals surface area contributed by atoms with Crippen LogP contribution < -0.4 is 5.32 Å². The summed E-state index contributed by atoms with van der Waals surface area (Å²) in [4.78, 5) is 9.18. The first-order valence-corrected chi connectivity index (χ1v) is 8.70. The van der Waals surface area contributed by atoms with Crippen molar-refractivity contribution < 1.29 is 9.53 Å². The lowest BCUT2D eigenvalue weighted by molar-refractivity contribution is -0.128. The molecule has 1 aromatic heterocycles. The third kappa shape index (κ3) is 19.6. The maximum atomic E-state index is 9.18. The van der Waals surface area contributed by atoms with Gasteiger partial charge in [-0.25, -0.2) is 4.68 Å². The first kappa shape index (κ1) is 27.5. The molecule has 0 saturated heterocycles. The second kappa shape index (κ2) is 23.9. The number of aromatic nitrogens is 3. The number of anilines is 1. The van der Waals surface area contributed by atoms with Crippen molar-refractivity contribution in [1.82, 2.24) is 15.0 Å². The normalized spacial score (nSPS) is 9.48. The van der Waals surface area contributed by atoms with Crippen molar-refractivity contribution >= 4 is 12.3 Å². The lowest BCUT2D eigenvalue weighted by Gasteiger charge is -2.00. The van der Waals surface area contributed by atoms with Gasteiger partial charge in [0.05, 0.1) is 19.3 Å². The molecule has 0 aromatic carbocycles. The van der Waals surface area contributed by atoms with Gasteiger partial charge in [-0.05, 0) is 19.4 Å². The van der Waals surface area contributed by atoms with Crippen LogP contribution >= 0.6 is 0 Å². The molecule has 0 saturated carbocycles. The zero-order chi connectivity index (χ0) is 19.9. The number of hydrogen-bond acceptors (Lipinski definition) is 5. The molecular weight excluding hydrogens is 316 g/mol. The van der Waals surface area contributed by atoms with E-state index in [0.29, 0.717) is 19.6 Å². The number of nitrogens with one attached hydrogen (secondary N) is 1. The molecule has 0 radical (unpaired) electrons. The van der Waals surface area contributed by atoms with Crippen LogP contribution in [0, 0.1) is 0 Å². The average Bonchev–Trinajstić information content (AvgIpc) is 3.07. The molecule has 0 aliphatic rings. The number of carbonyl (C=O) groups excluding carboxylic acids is 1. The second-order valence-electron chi connectivity index (χ2n) is 4.29. The predicted octanol–water partition coefficient (Wildman–Crippen LogP) is 4.63. The number of allylic oxidation sites excluding steroid dienone is 5. The number of ether oxygens (including phenoxy) is 1. The van der Waals surface area contributed by atoms with E-state index >= 15 is 0 Å². The van der Waals surface area contributed by atoms with E-state index < -0.39 is 0 Å². The molecular formula is C19H36N4O2. The number of hydrogen-bond donors (Lipinski definition) is 1. The standard InChI is InChI=1S/C11H16N4.C3H6O2.C3H8.C2H6/c1-4-6-10(7-5-2)8-15-9-11(12-3)13-14-15;1-2-5-3-4;1-3-2;1-2/h4-7,9,12H,1,8H2,2-3H3;3H,2H2,1H3;3H2,1-2H3;1-2H3/b7-5-,10-6+;;;. The van der Waals surface area contributed by atoms with Crippen LogP contribution in [0.1, 0.15) is 48.0 Å². The molecule has 0 unspecified atom stereocenters. The summed E-state index contributed by atoms with van der Waals surface area (Å²) in [6.45, 7) is 17.3. The summed E-state index contributed by atoms with van der Waals surface area (Å²) in [5.74, 6) is 0.772. The van der Waals surface area contributed by atoms with Gasteiger partial charge in [-0.2, -0.15) is 0 Å². The Labute approximate surface area is 153 Å². The first-order valence-electron chi connectivity index (χ1n) is 8.70. The minimum absolute atomic E-state index is 0.431. The Hall–Kier alpha value is -2.37. The molecule has 25 heavy (non-hydrogen) atoms. The molecule has 0 bridgehead atoms. The third-order valence-corrected chi connectivity index (χ3v) is 2.09. The number of rotatable bonds is 7. The monoisotopic (exact) mass is 352 g/mol. The van der Waals surface area contributed by atoms with E-state index in [1.54, 1.807) is 17.7 Å². The van der Waals surface area contributed by atoms with Crippen molar-refractivity contribution in [3.05, 3.63) is 42.7 Å². The van der Waals surface area contributed by atoms with Crippen LogP contribution in [-0.2, 0) is 16.1 Å². The molecule has 6 heteroatoms.